The van der Waals surface area contributed by atoms with Crippen LogP contribution in [0.15, 0.2) is 12.2 Å². The summed E-state index contributed by atoms with van der Waals surface area (Å²) in [5.74, 6) is -3.26. The normalized spacial score (nSPS) is 14.1. The molecule has 0 heterocycles. The second-order valence-electron chi connectivity index (χ2n) is 25.1. The number of rotatable bonds is 70. The van der Waals surface area contributed by atoms with E-state index < -0.39 is 103 Å². The van der Waals surface area contributed by atoms with Crippen molar-refractivity contribution in [3.63, 3.8) is 0 Å². The molecule has 4 unspecified atom stereocenters. The summed E-state index contributed by atoms with van der Waals surface area (Å²) in [6, 6.07) is -1.91. The van der Waals surface area contributed by atoms with Gasteiger partial charge in [-0.3, -0.25) is 46.9 Å². The summed E-state index contributed by atoms with van der Waals surface area (Å²) in [7, 11) is -9.56. The van der Waals surface area contributed by atoms with Crippen LogP contribution >= 0.6 is 15.6 Å². The Morgan fingerprint density at radius 2 is 0.804 bits per heavy atom. The zero-order valence-corrected chi connectivity index (χ0v) is 66.7. The molecule has 0 saturated carbocycles. The molecule has 0 radical (unpaired) electrons. The number of aliphatic hydroxyl groups is 2. The Bertz CT molecular complexity index is 2050. The van der Waals surface area contributed by atoms with E-state index in [2.05, 4.69) is 68.0 Å². The number of nitrogens with one attached hydrogen (secondary N) is 4. The van der Waals surface area contributed by atoms with E-state index >= 15 is 0 Å². The molecule has 0 saturated heterocycles. The largest absolute Gasteiger partial charge is 1.00 e. The average Bonchev–Trinajstić information content (AvgIpc) is 1.00. The number of allylic oxidation sites excluding steroid dienone is 2. The maximum Gasteiger partial charge on any atom is 1.00 e. The molecular weight excluding hydrogens is 1310 g/mol. The Hall–Kier alpha value is -1.18. The fourth-order valence-electron chi connectivity index (χ4n) is 10.2. The molecule has 4 amide bonds. The molecule has 7 atom stereocenters. The van der Waals surface area contributed by atoms with Crippen molar-refractivity contribution >= 4 is 51.0 Å². The maximum absolute atomic E-state index is 13.6. The first-order valence-electron chi connectivity index (χ1n) is 36.5. The van der Waals surface area contributed by atoms with Crippen LogP contribution in [-0.2, 0) is 70.2 Å². The number of esters is 1. The fourth-order valence-corrected chi connectivity index (χ4v) is 11.7. The van der Waals surface area contributed by atoms with Crippen molar-refractivity contribution in [3.8, 4) is 0 Å². The van der Waals surface area contributed by atoms with Gasteiger partial charge in [0.25, 0.3) is 0 Å². The van der Waals surface area contributed by atoms with E-state index in [1.807, 2.05) is 0 Å². The topological polar surface area (TPSA) is 330 Å². The van der Waals surface area contributed by atoms with Gasteiger partial charge in [0.2, 0.25) is 23.6 Å². The van der Waals surface area contributed by atoms with E-state index in [1.165, 1.54) is 51.4 Å². The number of phosphoric ester groups is 2. The number of phosphoric acid groups is 2. The van der Waals surface area contributed by atoms with Crippen molar-refractivity contribution in [2.75, 3.05) is 65.9 Å². The van der Waals surface area contributed by atoms with Crippen LogP contribution in [0.3, 0.4) is 0 Å². The molecule has 23 nitrogen and oxygen atoms in total. The number of unbranched alkanes of at least 4 members (excludes halogenated alkanes) is 25. The molecular formula is C70H138N4Na2O19P2. The van der Waals surface area contributed by atoms with Crippen LogP contribution in [-0.4, -0.2) is 152 Å². The third-order valence-corrected chi connectivity index (χ3v) is 17.8. The van der Waals surface area contributed by atoms with Gasteiger partial charge in [-0.2, -0.15) is 0 Å². The predicted molar refractivity (Wildman–Crippen MR) is 378 cm³/mol. The molecule has 0 fully saturated rings. The van der Waals surface area contributed by atoms with Gasteiger partial charge in [-0.25, -0.2) is 9.13 Å². The molecule has 27 heteroatoms. The molecule has 0 aliphatic carbocycles. The summed E-state index contributed by atoms with van der Waals surface area (Å²) in [6.07, 6.45) is 36.4. The molecule has 0 bridgehead atoms. The van der Waals surface area contributed by atoms with Gasteiger partial charge in [-0.15, -0.1) is 0 Å². The SMILES string of the molecule is C.CCCCCC/C=C\CCCC(=O)O[C@H](CCCCCCC)CC(=O)NC(COCC[C@H](O)CCCCCCC)COP(=O)(O)OCCNC(=O)CC(=O)NCCOP(=O)(O)OCC(COCC[C@H](O)CCCCCCC)NC(=O)CC(=O)CCCCCCCCCCC.[H-].[H-].[Na+].[Na+]. The minimum atomic E-state index is -4.79. The molecule has 0 spiro atoms. The van der Waals surface area contributed by atoms with Crippen LogP contribution in [0.2, 0.25) is 0 Å². The van der Waals surface area contributed by atoms with Gasteiger partial charge in [0, 0.05) is 39.1 Å². The third kappa shape index (κ3) is 70.3. The van der Waals surface area contributed by atoms with E-state index in [0.29, 0.717) is 44.9 Å². The summed E-state index contributed by atoms with van der Waals surface area (Å²) in [4.78, 5) is 98.5. The fraction of sp³-hybridized carbons (Fsp3) is 0.886. The number of carbonyl (C=O) groups is 6. The van der Waals surface area contributed by atoms with Crippen molar-refractivity contribution in [3.05, 3.63) is 12.2 Å². The minimum absolute atomic E-state index is 0. The second kappa shape index (κ2) is 71.8. The molecule has 0 aromatic carbocycles. The summed E-state index contributed by atoms with van der Waals surface area (Å²) < 4.78 is 63.9. The Morgan fingerprint density at radius 1 is 0.423 bits per heavy atom. The van der Waals surface area contributed by atoms with Crippen LogP contribution in [0.25, 0.3) is 0 Å². The Morgan fingerprint density at radius 3 is 1.25 bits per heavy atom. The molecule has 97 heavy (non-hydrogen) atoms. The van der Waals surface area contributed by atoms with Crippen molar-refractivity contribution < 1.29 is 152 Å². The summed E-state index contributed by atoms with van der Waals surface area (Å²) in [5.41, 5.74) is 0. The molecule has 0 aliphatic rings. The van der Waals surface area contributed by atoms with Crippen LogP contribution in [0, 0.1) is 0 Å². The van der Waals surface area contributed by atoms with Crippen molar-refractivity contribution in [2.45, 2.75) is 336 Å². The van der Waals surface area contributed by atoms with Gasteiger partial charge >= 0.3 is 80.7 Å². The van der Waals surface area contributed by atoms with E-state index in [-0.39, 0.29) is 146 Å². The average molecular weight is 1450 g/mol. The molecule has 0 aliphatic heterocycles. The first kappa shape index (κ1) is 102. The Balaban J connectivity index is -0.00000432. The molecule has 0 aromatic rings. The number of hydrogen-bond acceptors (Lipinski definition) is 17. The zero-order valence-electron chi connectivity index (χ0n) is 62.9. The summed E-state index contributed by atoms with van der Waals surface area (Å²) >= 11 is 0. The molecule has 0 aromatic heterocycles. The van der Waals surface area contributed by atoms with Gasteiger partial charge in [0.05, 0.1) is 76.8 Å². The monoisotopic (exact) mass is 1450 g/mol. The predicted octanol–water partition coefficient (Wildman–Crippen LogP) is 8.21. The van der Waals surface area contributed by atoms with E-state index in [4.69, 9.17) is 32.3 Å². The van der Waals surface area contributed by atoms with Gasteiger partial charge in [0.15, 0.2) is 0 Å². The number of ether oxygens (including phenoxy) is 3. The minimum Gasteiger partial charge on any atom is -1.00 e. The molecule has 8 N–H and O–H groups in total. The van der Waals surface area contributed by atoms with E-state index in [9.17, 15) is 57.9 Å². The number of aliphatic hydroxyl groups excluding tert-OH is 2. The first-order valence-corrected chi connectivity index (χ1v) is 39.5. The van der Waals surface area contributed by atoms with Crippen LogP contribution in [0.5, 0.6) is 0 Å². The number of ketones is 1. The molecule has 564 valence electrons. The Labute approximate surface area is 633 Å². The standard InChI is InChI=1S/C69H132N4O19P2.CH4.2Na.2H/c1-6-11-16-21-23-25-27-32-36-41-63(76)52-67(79)72-59(55-86-48-44-61(74)39-34-29-18-13-8-3)57-90-93(82,83)88-50-46-70-65(77)54-66(78)71-47-51-89-94(84,85)91-58-60(56-87-49-45-62(75)40-35-30-19-14-9-4)73-68(80)53-64(42-37-31-20-15-10-5)92-69(81)43-38-33-28-26-24-22-17-12-7-2;;;;;/h26,28,59-62,64,74-75H,6-25,27,29-58H2,1-5H3,(H,70,77)(H,71,78)(H,72,79)(H,73,80)(H,82,83)(H,84,85);1H4;;;;/q;;2*+1;2*-1/b28-26-;;;;;/t59?,60?,61-,62-,64-;;;;;/m1...../s1. The zero-order chi connectivity index (χ0) is 69.6. The Kier molecular flexibility index (Phi) is 75.6. The quantitative estimate of drug-likeness (QED) is 0.00710. The van der Waals surface area contributed by atoms with Crippen molar-refractivity contribution in [2.24, 2.45) is 0 Å². The number of amides is 4. The van der Waals surface area contributed by atoms with E-state index in [0.717, 1.165) is 135 Å². The number of carbonyl (C=O) groups excluding carboxylic acids is 6. The van der Waals surface area contributed by atoms with Gasteiger partial charge in [-0.1, -0.05) is 215 Å². The van der Waals surface area contributed by atoms with Crippen molar-refractivity contribution in [1.29, 1.82) is 0 Å². The van der Waals surface area contributed by atoms with Crippen LogP contribution < -0.4 is 80.4 Å². The molecule has 0 rings (SSSR count). The third-order valence-electron chi connectivity index (χ3n) is 15.8. The second-order valence-corrected chi connectivity index (χ2v) is 28.0. The summed E-state index contributed by atoms with van der Waals surface area (Å²) in [5, 5.41) is 31.2. The van der Waals surface area contributed by atoms with Crippen molar-refractivity contribution in [1.82, 2.24) is 21.3 Å². The van der Waals surface area contributed by atoms with Gasteiger partial charge < -0.3 is 58.3 Å². The van der Waals surface area contributed by atoms with Gasteiger partial charge in [0.1, 0.15) is 18.3 Å². The summed E-state index contributed by atoms with van der Waals surface area (Å²) in [6.45, 7) is 8.06. The first-order chi connectivity index (χ1) is 45.3. The number of Topliss-reactive ketones (excluding diaryl/α,β-unsaturated/α-hetero) is 1. The van der Waals surface area contributed by atoms with Crippen LogP contribution in [0.1, 0.15) is 308 Å². The number of hydrogen-bond donors (Lipinski definition) is 8. The van der Waals surface area contributed by atoms with Gasteiger partial charge in [-0.05, 0) is 70.6 Å². The smallest absolute Gasteiger partial charge is 1.00 e. The van der Waals surface area contributed by atoms with Crippen LogP contribution in [0.4, 0.5) is 0 Å². The maximum atomic E-state index is 13.6. The van der Waals surface area contributed by atoms with E-state index in [1.54, 1.807) is 0 Å².